The van der Waals surface area contributed by atoms with E-state index in [4.69, 9.17) is 17.9 Å². The summed E-state index contributed by atoms with van der Waals surface area (Å²) in [5, 5.41) is 2.13. The molecule has 0 saturated heterocycles. The Morgan fingerprint density at radius 3 is 1.92 bits per heavy atom. The van der Waals surface area contributed by atoms with E-state index in [1.165, 1.54) is 16.7 Å². The molecule has 0 atom stereocenters. The SMILES string of the molecule is [2H]C([2H])([2H])c1cccc(C([2H])([2H])[2H])c1-c1cc2c(c(C(C)(C)C)c1)-[n+]1[c-]n(-c3[c-]c(Oc4[c-]c5c(cc4)c4ccccc4n5-c4cc(C(C)(C)C)ccn4)ccc3)c3cccc(c31)-c1ccccc1-c1cc3c(cc1-2)C(C)(C)CCC3(C)C.[Pt]. The van der Waals surface area contributed by atoms with Crippen LogP contribution >= 0.6 is 0 Å². The first-order valence-corrected chi connectivity index (χ1v) is 26.9. The monoisotopic (exact) mass is 1200 g/mol. The maximum atomic E-state index is 8.86. The normalized spacial score (nSPS) is 15.9. The summed E-state index contributed by atoms with van der Waals surface area (Å²) in [7, 11) is 0. The van der Waals surface area contributed by atoms with Gasteiger partial charge < -0.3 is 13.9 Å². The number of hydrogen-bond acceptors (Lipinski definition) is 2. The van der Waals surface area contributed by atoms with Gasteiger partial charge in [0.15, 0.2) is 0 Å². The smallest absolute Gasteiger partial charge is 0.268 e. The van der Waals surface area contributed by atoms with Crippen LogP contribution in [-0.4, -0.2) is 14.1 Å². The number of nitrogens with zero attached hydrogens (tertiary/aromatic N) is 4. The number of fused-ring (bicyclic) bond motifs is 11. The number of ether oxygens (including phenoxy) is 1. The maximum Gasteiger partial charge on any atom is 0.268 e. The molecule has 0 radical (unpaired) electrons. The molecule has 4 heterocycles. The van der Waals surface area contributed by atoms with E-state index in [1.807, 2.05) is 36.5 Å². The molecule has 6 heteroatoms. The molecule has 0 amide bonds. The third-order valence-corrected chi connectivity index (χ3v) is 16.6. The molecule has 5 nitrogen and oxygen atoms in total. The van der Waals surface area contributed by atoms with Crippen molar-refractivity contribution >= 4 is 32.8 Å². The standard InChI is InChI=1S/C72H66N4O.Pt/c1-44-20-17-21-45(2)66(44)46-36-58-57-42-60-59(71(9,10)33-34-72(60,11)12)41-56(57)52-25-14-13-24-51(52)55-27-19-29-63-68(55)75(67(58)61(37-46)70(6,7)8)43-74(63)48-22-18-23-49(39-48)77-50-30-31-54-53-26-15-16-28-62(53)76(64(54)40-50)65-38-47(32-35-73-65)69(3,4)5;/h13-32,35-38,41-42H,33-34H2,1-12H3;/q-2;/i1D3,2D3;. The topological polar surface area (TPSA) is 35.9 Å². The van der Waals surface area contributed by atoms with Gasteiger partial charge in [-0.15, -0.1) is 29.7 Å². The predicted molar refractivity (Wildman–Crippen MR) is 317 cm³/mol. The van der Waals surface area contributed by atoms with E-state index >= 15 is 0 Å². The Bertz CT molecular complexity index is 4460. The average Bonchev–Trinajstić information content (AvgIpc) is 1.50. The zero-order valence-corrected chi connectivity index (χ0v) is 48.2. The Labute approximate surface area is 483 Å². The molecule has 0 saturated carbocycles. The summed E-state index contributed by atoms with van der Waals surface area (Å²) < 4.78 is 66.4. The number of hydrogen-bond donors (Lipinski definition) is 0. The van der Waals surface area contributed by atoms with Gasteiger partial charge in [0.1, 0.15) is 5.82 Å². The third-order valence-electron chi connectivity index (χ3n) is 16.6. The van der Waals surface area contributed by atoms with Crippen LogP contribution in [0.5, 0.6) is 11.5 Å². The van der Waals surface area contributed by atoms with Crippen LogP contribution in [0.2, 0.25) is 0 Å². The number of para-hydroxylation sites is 2. The van der Waals surface area contributed by atoms with Gasteiger partial charge in [-0.3, -0.25) is 4.57 Å². The van der Waals surface area contributed by atoms with E-state index in [2.05, 4.69) is 205 Å². The Kier molecular flexibility index (Phi) is 10.5. The first-order valence-electron chi connectivity index (χ1n) is 29.9. The van der Waals surface area contributed by atoms with Crippen molar-refractivity contribution in [2.75, 3.05) is 0 Å². The minimum absolute atomic E-state index is 0. The molecule has 8 aromatic carbocycles. The van der Waals surface area contributed by atoms with Crippen molar-refractivity contribution in [1.82, 2.24) is 14.1 Å². The van der Waals surface area contributed by atoms with Crippen molar-refractivity contribution in [2.45, 2.75) is 117 Å². The van der Waals surface area contributed by atoms with E-state index in [1.54, 1.807) is 18.2 Å². The van der Waals surface area contributed by atoms with Crippen molar-refractivity contribution < 1.29 is 38.6 Å². The molecule has 13 rings (SSSR count). The van der Waals surface area contributed by atoms with Gasteiger partial charge in [0.2, 0.25) is 0 Å². The molecule has 1 aliphatic heterocycles. The zero-order valence-electron chi connectivity index (χ0n) is 51.9. The molecule has 0 fully saturated rings. The third kappa shape index (κ3) is 8.30. The van der Waals surface area contributed by atoms with Gasteiger partial charge in [-0.1, -0.05) is 166 Å². The molecule has 0 N–H and O–H groups in total. The van der Waals surface area contributed by atoms with Gasteiger partial charge in [0, 0.05) is 52.5 Å². The largest absolute Gasteiger partial charge is 0.510 e. The van der Waals surface area contributed by atoms with Crippen LogP contribution in [0.4, 0.5) is 0 Å². The fourth-order valence-electron chi connectivity index (χ4n) is 12.3. The van der Waals surface area contributed by atoms with Crippen LogP contribution in [0, 0.1) is 32.2 Å². The molecule has 2 aliphatic rings. The summed E-state index contributed by atoms with van der Waals surface area (Å²) in [6.07, 6.45) is 7.81. The summed E-state index contributed by atoms with van der Waals surface area (Å²) in [6, 6.07) is 58.4. The number of benzene rings is 8. The fraction of sp³-hybridized carbons (Fsp3) is 0.250. The molecule has 78 heavy (non-hydrogen) atoms. The summed E-state index contributed by atoms with van der Waals surface area (Å²) >= 11 is 0. The second-order valence-corrected chi connectivity index (χ2v) is 24.7. The van der Waals surface area contributed by atoms with Crippen LogP contribution in [-0.2, 0) is 42.7 Å². The van der Waals surface area contributed by atoms with E-state index in [0.29, 0.717) is 22.7 Å². The van der Waals surface area contributed by atoms with Crippen molar-refractivity contribution in [3.05, 3.63) is 210 Å². The molecule has 11 aromatic rings. The minimum Gasteiger partial charge on any atom is -0.510 e. The molecule has 0 bridgehead atoms. The van der Waals surface area contributed by atoms with Crippen LogP contribution < -0.4 is 9.30 Å². The zero-order chi connectivity index (χ0) is 58.5. The first kappa shape index (κ1) is 44.6. The second-order valence-electron chi connectivity index (χ2n) is 24.7. The predicted octanol–water partition coefficient (Wildman–Crippen LogP) is 18.1. The molecule has 0 spiro atoms. The van der Waals surface area contributed by atoms with E-state index in [9.17, 15) is 0 Å². The number of imidazole rings is 1. The van der Waals surface area contributed by atoms with Crippen molar-refractivity contribution in [3.8, 4) is 73.2 Å². The van der Waals surface area contributed by atoms with Crippen LogP contribution in [0.1, 0.15) is 124 Å². The molecule has 1 aliphatic carbocycles. The van der Waals surface area contributed by atoms with Gasteiger partial charge in [-0.05, 0) is 167 Å². The van der Waals surface area contributed by atoms with Gasteiger partial charge in [-0.25, -0.2) is 4.98 Å². The minimum atomic E-state index is -2.62. The number of rotatable bonds is 5. The molecule has 3 aromatic heterocycles. The Balaban J connectivity index is 0.00000694. The summed E-state index contributed by atoms with van der Waals surface area (Å²) in [5.41, 5.74) is 15.5. The van der Waals surface area contributed by atoms with E-state index < -0.39 is 19.1 Å². The number of pyridine rings is 1. The molecular formula is C72H66N4OPt-2. The Morgan fingerprint density at radius 1 is 0.590 bits per heavy atom. The number of aryl methyl sites for hydroxylation is 2. The van der Waals surface area contributed by atoms with Crippen LogP contribution in [0.15, 0.2) is 158 Å². The summed E-state index contributed by atoms with van der Waals surface area (Å²) in [4.78, 5) is 4.89. The maximum absolute atomic E-state index is 8.86. The van der Waals surface area contributed by atoms with E-state index in [-0.39, 0.29) is 54.0 Å². The van der Waals surface area contributed by atoms with Crippen molar-refractivity contribution in [1.29, 1.82) is 0 Å². The summed E-state index contributed by atoms with van der Waals surface area (Å²) in [6.45, 7) is 17.2. The average molecular weight is 1200 g/mol. The van der Waals surface area contributed by atoms with Crippen LogP contribution in [0.3, 0.4) is 0 Å². The van der Waals surface area contributed by atoms with Crippen molar-refractivity contribution in [3.63, 3.8) is 0 Å². The quantitative estimate of drug-likeness (QED) is 0.127. The van der Waals surface area contributed by atoms with Gasteiger partial charge in [0.05, 0.1) is 16.7 Å². The first-order chi connectivity index (χ1) is 39.2. The fourth-order valence-corrected chi connectivity index (χ4v) is 12.3. The Morgan fingerprint density at radius 2 is 1.22 bits per heavy atom. The number of aromatic nitrogens is 4. The van der Waals surface area contributed by atoms with Crippen LogP contribution in [0.25, 0.3) is 94.5 Å². The molecular weight excluding hydrogens is 1130 g/mol. The van der Waals surface area contributed by atoms with E-state index in [0.717, 1.165) is 96.1 Å². The second kappa shape index (κ2) is 18.4. The van der Waals surface area contributed by atoms with Gasteiger partial charge in [-0.2, -0.15) is 18.2 Å². The molecule has 0 unspecified atom stereocenters. The van der Waals surface area contributed by atoms with Crippen molar-refractivity contribution in [2.24, 2.45) is 0 Å². The summed E-state index contributed by atoms with van der Waals surface area (Å²) in [5.74, 6) is 1.81. The molecule has 392 valence electrons. The van der Waals surface area contributed by atoms with Gasteiger partial charge in [0.25, 0.3) is 6.33 Å². The van der Waals surface area contributed by atoms with Gasteiger partial charge >= 0.3 is 0 Å². The Hall–Kier alpha value is -7.33.